The number of nitrogens with one attached hydrogen (secondary N) is 1. The Balaban J connectivity index is 2.08. The van der Waals surface area contributed by atoms with Crippen LogP contribution in [0.15, 0.2) is 35.4 Å². The number of nitro groups is 1. The summed E-state index contributed by atoms with van der Waals surface area (Å²) in [6, 6.07) is 8.20. The lowest BCUT2D eigenvalue weighted by Gasteiger charge is -2.25. The van der Waals surface area contributed by atoms with E-state index in [2.05, 4.69) is 35.9 Å². The van der Waals surface area contributed by atoms with Crippen molar-refractivity contribution in [1.29, 1.82) is 0 Å². The lowest BCUT2D eigenvalue weighted by molar-refractivity contribution is -0.385. The smallest absolute Gasteiger partial charge is 0.273 e. The van der Waals surface area contributed by atoms with Crippen molar-refractivity contribution < 1.29 is 9.72 Å². The van der Waals surface area contributed by atoms with Gasteiger partial charge in [-0.15, -0.1) is 0 Å². The van der Waals surface area contributed by atoms with Crippen molar-refractivity contribution in [1.82, 2.24) is 9.99 Å². The molecule has 0 aliphatic carbocycles. The van der Waals surface area contributed by atoms with Gasteiger partial charge in [0.1, 0.15) is 0 Å². The first-order valence-electron chi connectivity index (χ1n) is 8.35. The van der Waals surface area contributed by atoms with Crippen molar-refractivity contribution in [2.75, 3.05) is 0 Å². The average Bonchev–Trinajstić information content (AvgIpc) is 2.81. The van der Waals surface area contributed by atoms with Gasteiger partial charge in [0, 0.05) is 34.1 Å². The minimum Gasteiger partial charge on any atom is -0.343 e. The molecule has 7 nitrogen and oxygen atoms in total. The molecule has 0 saturated heterocycles. The molecule has 0 radical (unpaired) electrons. The minimum absolute atomic E-state index is 0.0459. The van der Waals surface area contributed by atoms with Gasteiger partial charge in [-0.2, -0.15) is 5.10 Å². The number of aryl methyl sites for hydroxylation is 1. The molecule has 26 heavy (non-hydrogen) atoms. The summed E-state index contributed by atoms with van der Waals surface area (Å²) in [5, 5.41) is 15.0. The molecule has 0 spiro atoms. The summed E-state index contributed by atoms with van der Waals surface area (Å²) in [5.41, 5.74) is 5.78. The molecule has 0 aliphatic rings. The highest BCUT2D eigenvalue weighted by Crippen LogP contribution is 2.23. The molecule has 1 aromatic carbocycles. The van der Waals surface area contributed by atoms with E-state index in [0.717, 1.165) is 17.0 Å². The van der Waals surface area contributed by atoms with Crippen molar-refractivity contribution in [3.05, 3.63) is 63.0 Å². The summed E-state index contributed by atoms with van der Waals surface area (Å²) in [6.07, 6.45) is 1.50. The van der Waals surface area contributed by atoms with Gasteiger partial charge in [-0.3, -0.25) is 14.9 Å². The maximum absolute atomic E-state index is 12.0. The molecule has 1 N–H and O–H groups in total. The van der Waals surface area contributed by atoms with Gasteiger partial charge in [0.15, 0.2) is 0 Å². The molecule has 138 valence electrons. The molecule has 0 saturated carbocycles. The van der Waals surface area contributed by atoms with Crippen LogP contribution in [0, 0.1) is 24.0 Å². The Labute approximate surface area is 152 Å². The van der Waals surface area contributed by atoms with Crippen LogP contribution in [0.2, 0.25) is 0 Å². The summed E-state index contributed by atoms with van der Waals surface area (Å²) < 4.78 is 2.21. The summed E-state index contributed by atoms with van der Waals surface area (Å²) in [6.45, 7) is 10.4. The number of hydrogen-bond acceptors (Lipinski definition) is 4. The zero-order valence-electron chi connectivity index (χ0n) is 15.7. The summed E-state index contributed by atoms with van der Waals surface area (Å²) >= 11 is 0. The third-order valence-corrected chi connectivity index (χ3v) is 4.07. The Morgan fingerprint density at radius 1 is 1.31 bits per heavy atom. The standard InChI is InChI=1S/C19H24N4O3/c1-13-10-16(14(2)22(13)19(3,4)5)12-20-21-18(24)11-15-8-6-7-9-17(15)23(25)26/h6-10,12H,11H2,1-5H3,(H,21,24). The second-order valence-electron chi connectivity index (χ2n) is 7.19. The second kappa shape index (κ2) is 7.51. The predicted molar refractivity (Wildman–Crippen MR) is 101 cm³/mol. The van der Waals surface area contributed by atoms with Gasteiger partial charge in [-0.1, -0.05) is 18.2 Å². The maximum atomic E-state index is 12.0. The van der Waals surface area contributed by atoms with Gasteiger partial charge < -0.3 is 4.57 Å². The fourth-order valence-electron chi connectivity index (χ4n) is 3.18. The van der Waals surface area contributed by atoms with Crippen molar-refractivity contribution in [3.63, 3.8) is 0 Å². The van der Waals surface area contributed by atoms with Gasteiger partial charge in [0.05, 0.1) is 17.6 Å². The number of carbonyl (C=O) groups is 1. The first kappa shape index (κ1) is 19.4. The lowest BCUT2D eigenvalue weighted by Crippen LogP contribution is -2.24. The number of hydrogen-bond donors (Lipinski definition) is 1. The first-order chi connectivity index (χ1) is 12.1. The van der Waals surface area contributed by atoms with Crippen LogP contribution < -0.4 is 5.43 Å². The van der Waals surface area contributed by atoms with Crippen LogP contribution in [0.25, 0.3) is 0 Å². The Kier molecular flexibility index (Phi) is 5.59. The van der Waals surface area contributed by atoms with E-state index < -0.39 is 10.8 Å². The number of carbonyl (C=O) groups excluding carboxylic acids is 1. The number of nitrogens with zero attached hydrogens (tertiary/aromatic N) is 3. The fourth-order valence-corrected chi connectivity index (χ4v) is 3.18. The molecule has 1 heterocycles. The van der Waals surface area contributed by atoms with Crippen LogP contribution in [0.3, 0.4) is 0 Å². The molecule has 0 unspecified atom stereocenters. The van der Waals surface area contributed by atoms with Crippen LogP contribution >= 0.6 is 0 Å². The SMILES string of the molecule is Cc1cc(C=NNC(=O)Cc2ccccc2[N+](=O)[O-])c(C)n1C(C)(C)C. The van der Waals surface area contributed by atoms with E-state index >= 15 is 0 Å². The fraction of sp³-hybridized carbons (Fsp3) is 0.368. The highest BCUT2D eigenvalue weighted by Gasteiger charge is 2.19. The summed E-state index contributed by atoms with van der Waals surface area (Å²) in [7, 11) is 0. The van der Waals surface area contributed by atoms with Crippen LogP contribution in [-0.4, -0.2) is 21.6 Å². The number of nitro benzene ring substituents is 1. The molecular formula is C19H24N4O3. The van der Waals surface area contributed by atoms with Crippen molar-refractivity contribution >= 4 is 17.8 Å². The molecule has 2 rings (SSSR count). The average molecular weight is 356 g/mol. The van der Waals surface area contributed by atoms with Gasteiger partial charge in [0.25, 0.3) is 5.69 Å². The van der Waals surface area contributed by atoms with E-state index in [1.165, 1.54) is 6.07 Å². The molecule has 0 atom stereocenters. The van der Waals surface area contributed by atoms with E-state index in [-0.39, 0.29) is 17.6 Å². The lowest BCUT2D eigenvalue weighted by atomic mass is 10.1. The minimum atomic E-state index is -0.493. The second-order valence-corrected chi connectivity index (χ2v) is 7.19. The monoisotopic (exact) mass is 356 g/mol. The molecule has 2 aromatic rings. The maximum Gasteiger partial charge on any atom is 0.273 e. The van der Waals surface area contributed by atoms with Crippen LogP contribution in [0.1, 0.15) is 43.3 Å². The van der Waals surface area contributed by atoms with Crippen molar-refractivity contribution in [3.8, 4) is 0 Å². The molecule has 0 aliphatic heterocycles. The zero-order valence-corrected chi connectivity index (χ0v) is 15.7. The van der Waals surface area contributed by atoms with Crippen LogP contribution in [-0.2, 0) is 16.8 Å². The van der Waals surface area contributed by atoms with E-state index in [1.54, 1.807) is 24.4 Å². The Morgan fingerprint density at radius 2 is 1.96 bits per heavy atom. The third kappa shape index (κ3) is 4.36. The molecule has 1 amide bonds. The molecule has 1 aromatic heterocycles. The number of para-hydroxylation sites is 1. The number of rotatable bonds is 5. The number of hydrazone groups is 1. The van der Waals surface area contributed by atoms with Crippen LogP contribution in [0.4, 0.5) is 5.69 Å². The normalized spacial score (nSPS) is 11.7. The topological polar surface area (TPSA) is 89.5 Å². The van der Waals surface area contributed by atoms with E-state index in [1.807, 2.05) is 19.9 Å². The number of amides is 1. The van der Waals surface area contributed by atoms with Crippen molar-refractivity contribution in [2.24, 2.45) is 5.10 Å². The van der Waals surface area contributed by atoms with E-state index in [0.29, 0.717) is 5.56 Å². The Morgan fingerprint density at radius 3 is 2.54 bits per heavy atom. The van der Waals surface area contributed by atoms with Gasteiger partial charge in [0.2, 0.25) is 5.91 Å². The first-order valence-corrected chi connectivity index (χ1v) is 8.35. The summed E-state index contributed by atoms with van der Waals surface area (Å²) in [4.78, 5) is 22.5. The molecule has 0 bridgehead atoms. The molecule has 7 heteroatoms. The summed E-state index contributed by atoms with van der Waals surface area (Å²) in [5.74, 6) is -0.403. The highest BCUT2D eigenvalue weighted by atomic mass is 16.6. The quantitative estimate of drug-likeness (QED) is 0.505. The van der Waals surface area contributed by atoms with Gasteiger partial charge in [-0.05, 0) is 40.7 Å². The molecule has 0 fully saturated rings. The van der Waals surface area contributed by atoms with E-state index in [9.17, 15) is 14.9 Å². The highest BCUT2D eigenvalue weighted by molar-refractivity contribution is 5.85. The van der Waals surface area contributed by atoms with Gasteiger partial charge >= 0.3 is 0 Å². The number of aromatic nitrogens is 1. The Bertz CT molecular complexity index is 860. The van der Waals surface area contributed by atoms with E-state index in [4.69, 9.17) is 0 Å². The molecular weight excluding hydrogens is 332 g/mol. The number of benzene rings is 1. The van der Waals surface area contributed by atoms with Gasteiger partial charge in [-0.25, -0.2) is 5.43 Å². The zero-order chi connectivity index (χ0) is 19.5. The van der Waals surface area contributed by atoms with Crippen molar-refractivity contribution in [2.45, 2.75) is 46.6 Å². The predicted octanol–water partition coefficient (Wildman–Crippen LogP) is 3.46. The third-order valence-electron chi connectivity index (χ3n) is 4.07. The largest absolute Gasteiger partial charge is 0.343 e. The van der Waals surface area contributed by atoms with Crippen LogP contribution in [0.5, 0.6) is 0 Å². The Hall–Kier alpha value is -2.96.